The Morgan fingerprint density at radius 3 is 3.05 bits per heavy atom. The van der Waals surface area contributed by atoms with Gasteiger partial charge in [-0.15, -0.1) is 11.3 Å². The Morgan fingerprint density at radius 1 is 1.21 bits per heavy atom. The molecule has 2 nitrogen and oxygen atoms in total. The molecule has 0 bridgehead atoms. The highest BCUT2D eigenvalue weighted by Gasteiger charge is 2.05. The van der Waals surface area contributed by atoms with E-state index in [0.717, 1.165) is 13.1 Å². The monoisotopic (exact) mass is 268 g/mol. The molecular weight excluding hydrogens is 252 g/mol. The molecule has 1 aromatic carbocycles. The van der Waals surface area contributed by atoms with Gasteiger partial charge in [0.25, 0.3) is 0 Å². The highest BCUT2D eigenvalue weighted by molar-refractivity contribution is 7.17. The first-order valence-corrected chi connectivity index (χ1v) is 7.37. The number of aromatic nitrogens is 1. The van der Waals surface area contributed by atoms with Crippen molar-refractivity contribution in [1.82, 2.24) is 10.3 Å². The van der Waals surface area contributed by atoms with E-state index in [1.54, 1.807) is 11.3 Å². The molecule has 0 saturated carbocycles. The van der Waals surface area contributed by atoms with Crippen LogP contribution in [0.5, 0.6) is 0 Å². The summed E-state index contributed by atoms with van der Waals surface area (Å²) < 4.78 is 1.34. The first-order valence-electron chi connectivity index (χ1n) is 6.49. The molecule has 0 saturated heterocycles. The van der Waals surface area contributed by atoms with Crippen LogP contribution in [0.15, 0.2) is 48.1 Å². The Bertz CT molecular complexity index is 688. The fraction of sp³-hybridized carbons (Fsp3) is 0.188. The Labute approximate surface area is 117 Å². The molecule has 0 aliphatic heterocycles. The molecule has 0 amide bonds. The molecule has 19 heavy (non-hydrogen) atoms. The third kappa shape index (κ3) is 2.53. The number of thiophene rings is 1. The van der Waals surface area contributed by atoms with E-state index in [0.29, 0.717) is 0 Å². The van der Waals surface area contributed by atoms with Gasteiger partial charge in [-0.2, -0.15) is 0 Å². The van der Waals surface area contributed by atoms with Crippen molar-refractivity contribution in [3.8, 4) is 11.1 Å². The maximum Gasteiger partial charge on any atom is 0.0421 e. The van der Waals surface area contributed by atoms with Crippen LogP contribution in [0.25, 0.3) is 21.2 Å². The topological polar surface area (TPSA) is 24.9 Å². The van der Waals surface area contributed by atoms with E-state index in [4.69, 9.17) is 0 Å². The molecule has 0 radical (unpaired) electrons. The highest BCUT2D eigenvalue weighted by atomic mass is 32.1. The fourth-order valence-electron chi connectivity index (χ4n) is 2.22. The van der Waals surface area contributed by atoms with Crippen LogP contribution in [0, 0.1) is 0 Å². The normalized spacial score (nSPS) is 11.0. The van der Waals surface area contributed by atoms with Crippen LogP contribution in [0.3, 0.4) is 0 Å². The van der Waals surface area contributed by atoms with E-state index >= 15 is 0 Å². The molecule has 3 aromatic rings. The first kappa shape index (κ1) is 12.3. The quantitative estimate of drug-likeness (QED) is 0.771. The second-order valence-electron chi connectivity index (χ2n) is 4.51. The van der Waals surface area contributed by atoms with E-state index in [9.17, 15) is 0 Å². The van der Waals surface area contributed by atoms with Crippen molar-refractivity contribution in [3.63, 3.8) is 0 Å². The molecule has 3 heteroatoms. The number of nitrogens with zero attached hydrogens (tertiary/aromatic N) is 1. The average molecular weight is 268 g/mol. The van der Waals surface area contributed by atoms with Crippen molar-refractivity contribution in [1.29, 1.82) is 0 Å². The molecule has 96 valence electrons. The summed E-state index contributed by atoms with van der Waals surface area (Å²) in [7, 11) is 0. The second-order valence-corrected chi connectivity index (χ2v) is 5.42. The van der Waals surface area contributed by atoms with Crippen LogP contribution < -0.4 is 5.32 Å². The van der Waals surface area contributed by atoms with Crippen molar-refractivity contribution >= 4 is 21.4 Å². The van der Waals surface area contributed by atoms with Crippen LogP contribution in [0.2, 0.25) is 0 Å². The smallest absolute Gasteiger partial charge is 0.0421 e. The van der Waals surface area contributed by atoms with Gasteiger partial charge in [-0.05, 0) is 35.0 Å². The maximum atomic E-state index is 4.37. The summed E-state index contributed by atoms with van der Waals surface area (Å²) in [6.45, 7) is 3.96. The summed E-state index contributed by atoms with van der Waals surface area (Å²) in [5.74, 6) is 0. The molecule has 0 atom stereocenters. The van der Waals surface area contributed by atoms with E-state index in [2.05, 4.69) is 52.9 Å². The van der Waals surface area contributed by atoms with Crippen LogP contribution in [-0.2, 0) is 6.54 Å². The molecular formula is C16H16N2S. The van der Waals surface area contributed by atoms with Crippen molar-refractivity contribution < 1.29 is 0 Å². The summed E-state index contributed by atoms with van der Waals surface area (Å²) in [4.78, 5) is 4.37. The Kier molecular flexibility index (Phi) is 3.58. The van der Waals surface area contributed by atoms with E-state index in [1.165, 1.54) is 26.8 Å². The third-order valence-corrected chi connectivity index (χ3v) is 4.13. The first-order chi connectivity index (χ1) is 9.38. The minimum atomic E-state index is 0.873. The van der Waals surface area contributed by atoms with Gasteiger partial charge in [0.1, 0.15) is 0 Å². The van der Waals surface area contributed by atoms with E-state index in [1.807, 2.05) is 12.4 Å². The van der Waals surface area contributed by atoms with E-state index < -0.39 is 0 Å². The maximum absolute atomic E-state index is 4.37. The average Bonchev–Trinajstić information content (AvgIpc) is 2.93. The zero-order valence-electron chi connectivity index (χ0n) is 10.9. The molecule has 2 heterocycles. The van der Waals surface area contributed by atoms with Crippen LogP contribution in [-0.4, -0.2) is 11.5 Å². The SMILES string of the molecule is CCNCc1cncc(-c2cccc3ccsc23)c1. The summed E-state index contributed by atoms with van der Waals surface area (Å²) >= 11 is 1.79. The van der Waals surface area contributed by atoms with Gasteiger partial charge in [0, 0.05) is 34.8 Å². The molecule has 0 fully saturated rings. The zero-order valence-corrected chi connectivity index (χ0v) is 11.7. The minimum absolute atomic E-state index is 0.873. The fourth-order valence-corrected chi connectivity index (χ4v) is 3.16. The van der Waals surface area contributed by atoms with Crippen molar-refractivity contribution in [2.75, 3.05) is 6.54 Å². The number of benzene rings is 1. The zero-order chi connectivity index (χ0) is 13.1. The largest absolute Gasteiger partial charge is 0.313 e. The van der Waals surface area contributed by atoms with Gasteiger partial charge in [-0.25, -0.2) is 0 Å². The van der Waals surface area contributed by atoms with Crippen molar-refractivity contribution in [3.05, 3.63) is 53.7 Å². The van der Waals surface area contributed by atoms with Gasteiger partial charge in [0.2, 0.25) is 0 Å². The molecule has 1 N–H and O–H groups in total. The number of hydrogen-bond acceptors (Lipinski definition) is 3. The predicted octanol–water partition coefficient (Wildman–Crippen LogP) is 4.07. The molecule has 0 unspecified atom stereocenters. The minimum Gasteiger partial charge on any atom is -0.313 e. The Hall–Kier alpha value is -1.71. The number of rotatable bonds is 4. The van der Waals surface area contributed by atoms with E-state index in [-0.39, 0.29) is 0 Å². The number of fused-ring (bicyclic) bond motifs is 1. The van der Waals surface area contributed by atoms with Gasteiger partial charge in [-0.1, -0.05) is 25.1 Å². The molecule has 0 aliphatic rings. The van der Waals surface area contributed by atoms with Gasteiger partial charge >= 0.3 is 0 Å². The summed E-state index contributed by atoms with van der Waals surface area (Å²) in [6, 6.07) is 10.8. The van der Waals surface area contributed by atoms with Gasteiger partial charge in [0.05, 0.1) is 0 Å². The predicted molar refractivity (Wildman–Crippen MR) is 82.4 cm³/mol. The lowest BCUT2D eigenvalue weighted by Crippen LogP contribution is -2.11. The van der Waals surface area contributed by atoms with Gasteiger partial charge in [-0.3, -0.25) is 4.98 Å². The van der Waals surface area contributed by atoms with Crippen LogP contribution in [0.4, 0.5) is 0 Å². The van der Waals surface area contributed by atoms with Crippen molar-refractivity contribution in [2.45, 2.75) is 13.5 Å². The standard InChI is InChI=1S/C16H16N2S/c1-2-17-9-12-8-14(11-18-10-12)15-5-3-4-13-6-7-19-16(13)15/h3-8,10-11,17H,2,9H2,1H3. The third-order valence-electron chi connectivity index (χ3n) is 3.16. The van der Waals surface area contributed by atoms with Gasteiger partial charge in [0.15, 0.2) is 0 Å². The van der Waals surface area contributed by atoms with Crippen LogP contribution >= 0.6 is 11.3 Å². The second kappa shape index (κ2) is 5.51. The number of hydrogen-bond donors (Lipinski definition) is 1. The lowest BCUT2D eigenvalue weighted by Gasteiger charge is -2.06. The molecule has 3 rings (SSSR count). The number of nitrogens with one attached hydrogen (secondary N) is 1. The van der Waals surface area contributed by atoms with Gasteiger partial charge < -0.3 is 5.32 Å². The van der Waals surface area contributed by atoms with Crippen molar-refractivity contribution in [2.24, 2.45) is 0 Å². The summed E-state index contributed by atoms with van der Waals surface area (Å²) in [6.07, 6.45) is 3.88. The summed E-state index contributed by atoms with van der Waals surface area (Å²) in [5.41, 5.74) is 3.70. The molecule has 0 spiro atoms. The summed E-state index contributed by atoms with van der Waals surface area (Å²) in [5, 5.41) is 6.79. The lowest BCUT2D eigenvalue weighted by atomic mass is 10.0. The molecule has 2 aromatic heterocycles. The highest BCUT2D eigenvalue weighted by Crippen LogP contribution is 2.32. The molecule has 0 aliphatic carbocycles. The number of pyridine rings is 1. The lowest BCUT2D eigenvalue weighted by molar-refractivity contribution is 0.724. The van der Waals surface area contributed by atoms with Crippen LogP contribution in [0.1, 0.15) is 12.5 Å². The Balaban J connectivity index is 2.03. The Morgan fingerprint density at radius 2 is 2.16 bits per heavy atom.